The summed E-state index contributed by atoms with van der Waals surface area (Å²) in [7, 11) is 1.19. The molecule has 0 rings (SSSR count). The van der Waals surface area contributed by atoms with Crippen LogP contribution in [0.4, 0.5) is 0 Å². The molecule has 590 valence electrons. The Morgan fingerprint density at radius 1 is 0.317 bits per heavy atom. The summed E-state index contributed by atoms with van der Waals surface area (Å²) >= 11 is 0. The van der Waals surface area contributed by atoms with Gasteiger partial charge in [-0.3, -0.25) is 14.2 Å². The standard InChI is InChI=1S/C91H168NO8P/c1-6-8-10-12-14-16-18-20-22-24-26-28-30-32-34-36-38-40-42-44-45-46-47-48-50-52-54-56-58-60-62-64-66-68-70-72-74-76-78-80-82-84-91(94)100-89(88-99-101(95,96)98-86-85-92(3,4)5)87-97-90(93)83-81-79-77-75-73-71-69-67-65-63-61-59-57-55-53-51-49-43-41-39-37-35-33-31-29-27-25-23-21-19-17-15-13-11-9-7-2/h8,10,14,16,20,22,26,28,32,34,38,40,44-45,89H,6-7,9,11-13,15,17-19,21,23-25,27,29-31,33,35-37,39,41-43,46-88H2,1-5H3/b10-8-,16-14-,22-20-,28-26-,34-32-,40-38-,45-44-. The van der Waals surface area contributed by atoms with E-state index in [2.05, 4.69) is 98.9 Å². The summed E-state index contributed by atoms with van der Waals surface area (Å²) in [6.45, 7) is 4.20. The van der Waals surface area contributed by atoms with Crippen LogP contribution in [-0.4, -0.2) is 70.0 Å². The molecule has 0 saturated carbocycles. The largest absolute Gasteiger partial charge is 0.756 e. The summed E-state index contributed by atoms with van der Waals surface area (Å²) in [5.74, 6) is -0.810. The average Bonchev–Trinajstić information content (AvgIpc) is 1.02. The quantitative estimate of drug-likeness (QED) is 0.0195. The first-order chi connectivity index (χ1) is 49.5. The second-order valence-corrected chi connectivity index (χ2v) is 32.3. The van der Waals surface area contributed by atoms with Gasteiger partial charge in [-0.05, 0) is 70.6 Å². The van der Waals surface area contributed by atoms with Crippen LogP contribution in [0.25, 0.3) is 0 Å². The van der Waals surface area contributed by atoms with E-state index in [1.807, 2.05) is 21.1 Å². The van der Waals surface area contributed by atoms with Gasteiger partial charge in [0.1, 0.15) is 19.8 Å². The molecule has 10 heteroatoms. The number of phosphoric ester groups is 1. The lowest BCUT2D eigenvalue weighted by molar-refractivity contribution is -0.870. The molecule has 101 heavy (non-hydrogen) atoms. The Balaban J connectivity index is 3.88. The number of likely N-dealkylation sites (N-methyl/N-ethyl adjacent to an activating group) is 1. The van der Waals surface area contributed by atoms with E-state index in [4.69, 9.17) is 18.5 Å². The minimum atomic E-state index is -4.65. The molecule has 0 heterocycles. The van der Waals surface area contributed by atoms with Crippen molar-refractivity contribution in [2.24, 2.45) is 0 Å². The van der Waals surface area contributed by atoms with Gasteiger partial charge in [0.2, 0.25) is 0 Å². The van der Waals surface area contributed by atoms with Gasteiger partial charge >= 0.3 is 11.9 Å². The first kappa shape index (κ1) is 98.2. The van der Waals surface area contributed by atoms with Crippen LogP contribution in [0.5, 0.6) is 0 Å². The number of carbonyl (C=O) groups excluding carboxylic acids is 2. The van der Waals surface area contributed by atoms with Crippen molar-refractivity contribution in [2.45, 2.75) is 437 Å². The van der Waals surface area contributed by atoms with Gasteiger partial charge in [0, 0.05) is 12.8 Å². The molecule has 0 fully saturated rings. The van der Waals surface area contributed by atoms with Crippen LogP contribution in [0.3, 0.4) is 0 Å². The molecule has 0 aliphatic carbocycles. The summed E-state index contributed by atoms with van der Waals surface area (Å²) in [5, 5.41) is 0. The zero-order chi connectivity index (χ0) is 73.3. The zero-order valence-corrected chi connectivity index (χ0v) is 68.5. The first-order valence-electron chi connectivity index (χ1n) is 43.8. The number of carbonyl (C=O) groups is 2. The highest BCUT2D eigenvalue weighted by molar-refractivity contribution is 7.45. The highest BCUT2D eigenvalue weighted by atomic mass is 31.2. The monoisotopic (exact) mass is 1430 g/mol. The van der Waals surface area contributed by atoms with Gasteiger partial charge in [-0.1, -0.05) is 433 Å². The summed E-state index contributed by atoms with van der Waals surface area (Å²) in [6, 6.07) is 0. The van der Waals surface area contributed by atoms with Gasteiger partial charge in [0.15, 0.2) is 6.10 Å². The number of esters is 2. The second kappa shape index (κ2) is 81.3. The minimum absolute atomic E-state index is 0.0293. The first-order valence-corrected chi connectivity index (χ1v) is 45.3. The summed E-state index contributed by atoms with van der Waals surface area (Å²) in [5.41, 5.74) is 0. The smallest absolute Gasteiger partial charge is 0.306 e. The Kier molecular flexibility index (Phi) is 79.0. The molecule has 0 bridgehead atoms. The molecule has 0 aromatic rings. The number of allylic oxidation sites excluding steroid dienone is 14. The Morgan fingerprint density at radius 2 is 0.564 bits per heavy atom. The van der Waals surface area contributed by atoms with Crippen molar-refractivity contribution in [3.63, 3.8) is 0 Å². The minimum Gasteiger partial charge on any atom is -0.756 e. The van der Waals surface area contributed by atoms with Gasteiger partial charge in [0.25, 0.3) is 7.82 Å². The number of phosphoric acid groups is 1. The third kappa shape index (κ3) is 86.0. The number of unbranched alkanes of at least 4 members (excludes halogenated alkanes) is 54. The van der Waals surface area contributed by atoms with Crippen LogP contribution in [0.1, 0.15) is 431 Å². The van der Waals surface area contributed by atoms with E-state index in [-0.39, 0.29) is 32.0 Å². The fraction of sp³-hybridized carbons (Fsp3) is 0.824. The van der Waals surface area contributed by atoms with Crippen molar-refractivity contribution in [3.05, 3.63) is 85.1 Å². The van der Waals surface area contributed by atoms with E-state index in [1.165, 1.54) is 315 Å². The predicted octanol–water partition coefficient (Wildman–Crippen LogP) is 28.9. The molecule has 0 aliphatic rings. The molecule has 9 nitrogen and oxygen atoms in total. The maximum absolute atomic E-state index is 12.9. The normalized spacial score (nSPS) is 13.4. The van der Waals surface area contributed by atoms with E-state index in [1.54, 1.807) is 0 Å². The Hall–Kier alpha value is -2.81. The summed E-state index contributed by atoms with van der Waals surface area (Å²) in [4.78, 5) is 38.3. The van der Waals surface area contributed by atoms with E-state index in [9.17, 15) is 19.0 Å². The number of hydrogen-bond donors (Lipinski definition) is 0. The van der Waals surface area contributed by atoms with E-state index < -0.39 is 26.5 Å². The lowest BCUT2D eigenvalue weighted by atomic mass is 10.0. The predicted molar refractivity (Wildman–Crippen MR) is 439 cm³/mol. The SMILES string of the molecule is CC/C=C\C/C=C\C/C=C\C/C=C\C/C=C\C/C=C\C/C=C\CCCCCCCCCCCCCCCCCCCCCC(=O)OC(COC(=O)CCCCCCCCCCCCCCCCCCCCCCCCCCCCCCCCCCCCCC)COP(=O)([O-])OCC[N+](C)(C)C. The van der Waals surface area contributed by atoms with Crippen molar-refractivity contribution < 1.29 is 42.1 Å². The molecule has 2 atom stereocenters. The molecule has 0 spiro atoms. The van der Waals surface area contributed by atoms with Crippen molar-refractivity contribution >= 4 is 19.8 Å². The molecular formula is C91H168NO8P. The van der Waals surface area contributed by atoms with Gasteiger partial charge in [-0.25, -0.2) is 0 Å². The lowest BCUT2D eigenvalue weighted by Gasteiger charge is -2.28. The van der Waals surface area contributed by atoms with Gasteiger partial charge in [-0.15, -0.1) is 0 Å². The lowest BCUT2D eigenvalue weighted by Crippen LogP contribution is -2.37. The van der Waals surface area contributed by atoms with Gasteiger partial charge in [-0.2, -0.15) is 0 Å². The van der Waals surface area contributed by atoms with Gasteiger partial charge in [0.05, 0.1) is 27.7 Å². The van der Waals surface area contributed by atoms with Crippen molar-refractivity contribution in [1.82, 2.24) is 0 Å². The maximum atomic E-state index is 12.9. The molecule has 0 radical (unpaired) electrons. The van der Waals surface area contributed by atoms with Crippen LogP contribution >= 0.6 is 7.82 Å². The average molecular weight is 1440 g/mol. The molecule has 2 unspecified atom stereocenters. The van der Waals surface area contributed by atoms with E-state index in [0.717, 1.165) is 83.5 Å². The summed E-state index contributed by atoms with van der Waals surface area (Å²) in [6.07, 6.45) is 113. The molecule has 0 N–H and O–H groups in total. The van der Waals surface area contributed by atoms with Crippen molar-refractivity contribution in [1.29, 1.82) is 0 Å². The van der Waals surface area contributed by atoms with Crippen LogP contribution in [0.15, 0.2) is 85.1 Å². The van der Waals surface area contributed by atoms with Crippen molar-refractivity contribution in [3.8, 4) is 0 Å². The highest BCUT2D eigenvalue weighted by Gasteiger charge is 2.22. The molecule has 0 aromatic heterocycles. The van der Waals surface area contributed by atoms with Crippen molar-refractivity contribution in [2.75, 3.05) is 47.5 Å². The van der Waals surface area contributed by atoms with E-state index >= 15 is 0 Å². The van der Waals surface area contributed by atoms with Crippen LogP contribution in [-0.2, 0) is 32.7 Å². The Bertz CT molecular complexity index is 1980. The molecule has 0 aromatic carbocycles. The summed E-state index contributed by atoms with van der Waals surface area (Å²) < 4.78 is 34.5. The Morgan fingerprint density at radius 3 is 0.842 bits per heavy atom. The second-order valence-electron chi connectivity index (χ2n) is 30.9. The maximum Gasteiger partial charge on any atom is 0.306 e. The van der Waals surface area contributed by atoms with E-state index in [0.29, 0.717) is 17.4 Å². The van der Waals surface area contributed by atoms with Crippen LogP contribution in [0.2, 0.25) is 0 Å². The molecule has 0 aliphatic heterocycles. The number of quaternary nitrogens is 1. The number of nitrogens with zero attached hydrogens (tertiary/aromatic N) is 1. The molecule has 0 amide bonds. The number of ether oxygens (including phenoxy) is 2. The Labute approximate surface area is 628 Å². The zero-order valence-electron chi connectivity index (χ0n) is 67.6. The van der Waals surface area contributed by atoms with Gasteiger partial charge < -0.3 is 27.9 Å². The highest BCUT2D eigenvalue weighted by Crippen LogP contribution is 2.38. The third-order valence-corrected chi connectivity index (χ3v) is 20.6. The third-order valence-electron chi connectivity index (χ3n) is 19.7. The number of hydrogen-bond acceptors (Lipinski definition) is 8. The fourth-order valence-corrected chi connectivity index (χ4v) is 13.8. The number of rotatable bonds is 82. The van der Waals surface area contributed by atoms with Crippen LogP contribution < -0.4 is 4.89 Å². The topological polar surface area (TPSA) is 111 Å². The fourth-order valence-electron chi connectivity index (χ4n) is 13.1. The van der Waals surface area contributed by atoms with Crippen LogP contribution in [0, 0.1) is 0 Å². The molecule has 0 saturated heterocycles. The molecular weight excluding hydrogens is 1270 g/mol.